The van der Waals surface area contributed by atoms with Gasteiger partial charge in [-0.25, -0.2) is 0 Å². The van der Waals surface area contributed by atoms with Gasteiger partial charge in [0.15, 0.2) is 0 Å². The number of aliphatic hydroxyl groups is 1. The van der Waals surface area contributed by atoms with Gasteiger partial charge >= 0.3 is 0 Å². The largest absolute Gasteiger partial charge is 0.389 e. The van der Waals surface area contributed by atoms with Crippen LogP contribution in [-0.2, 0) is 0 Å². The maximum Gasteiger partial charge on any atom is 0.0774 e. The lowest BCUT2D eigenvalue weighted by Gasteiger charge is -2.39. The summed E-state index contributed by atoms with van der Waals surface area (Å²) in [4.78, 5) is 11.0. The number of hydrogen-bond acceptors (Lipinski definition) is 4. The van der Waals surface area contributed by atoms with Crippen LogP contribution in [0.15, 0.2) is 18.6 Å². The number of hydrogen-bond donors (Lipinski definition) is 1. The van der Waals surface area contributed by atoms with Crippen LogP contribution in [0.1, 0.15) is 56.6 Å². The van der Waals surface area contributed by atoms with Crippen molar-refractivity contribution in [2.45, 2.75) is 56.5 Å². The Morgan fingerprint density at radius 2 is 1.90 bits per heavy atom. The number of likely N-dealkylation sites (tertiary alicyclic amines) is 1. The van der Waals surface area contributed by atoms with Crippen molar-refractivity contribution in [2.24, 2.45) is 0 Å². The van der Waals surface area contributed by atoms with Crippen molar-refractivity contribution in [1.82, 2.24) is 14.9 Å². The molecule has 0 unspecified atom stereocenters. The maximum absolute atomic E-state index is 10.6. The third-order valence-corrected chi connectivity index (χ3v) is 4.89. The second kappa shape index (κ2) is 6.19. The van der Waals surface area contributed by atoms with Crippen LogP contribution in [0, 0.1) is 0 Å². The molecule has 4 heteroatoms. The van der Waals surface area contributed by atoms with Gasteiger partial charge in [0, 0.05) is 31.1 Å². The summed E-state index contributed by atoms with van der Waals surface area (Å²) in [6.45, 7) is 3.01. The van der Waals surface area contributed by atoms with Crippen LogP contribution in [0.4, 0.5) is 0 Å². The van der Waals surface area contributed by atoms with Crippen LogP contribution in [0.25, 0.3) is 0 Å². The smallest absolute Gasteiger partial charge is 0.0774 e. The predicted octanol–water partition coefficient (Wildman–Crippen LogP) is 2.35. The number of rotatable bonds is 3. The summed E-state index contributed by atoms with van der Waals surface area (Å²) in [7, 11) is 0. The Hall–Kier alpha value is -1.00. The van der Waals surface area contributed by atoms with Crippen molar-refractivity contribution in [2.75, 3.05) is 19.6 Å². The first-order valence-electron chi connectivity index (χ1n) is 7.96. The van der Waals surface area contributed by atoms with Crippen LogP contribution in [0.2, 0.25) is 0 Å². The van der Waals surface area contributed by atoms with Crippen LogP contribution in [-0.4, -0.2) is 45.2 Å². The Balaban J connectivity index is 1.51. The highest BCUT2D eigenvalue weighted by atomic mass is 16.3. The van der Waals surface area contributed by atoms with Crippen molar-refractivity contribution in [3.05, 3.63) is 24.3 Å². The lowest BCUT2D eigenvalue weighted by molar-refractivity contribution is -0.0308. The van der Waals surface area contributed by atoms with E-state index in [-0.39, 0.29) is 0 Å². The van der Waals surface area contributed by atoms with Crippen molar-refractivity contribution >= 4 is 0 Å². The molecule has 3 rings (SSSR count). The summed E-state index contributed by atoms with van der Waals surface area (Å²) < 4.78 is 0. The Morgan fingerprint density at radius 3 is 2.55 bits per heavy atom. The Morgan fingerprint density at radius 1 is 1.15 bits per heavy atom. The quantitative estimate of drug-likeness (QED) is 0.920. The Labute approximate surface area is 121 Å². The summed E-state index contributed by atoms with van der Waals surface area (Å²) in [5.74, 6) is 0.543. The van der Waals surface area contributed by atoms with Crippen molar-refractivity contribution in [1.29, 1.82) is 0 Å². The molecule has 0 aromatic carbocycles. The molecule has 4 nitrogen and oxygen atoms in total. The highest BCUT2D eigenvalue weighted by Gasteiger charge is 2.33. The number of piperidine rings is 1. The molecule has 0 amide bonds. The molecule has 1 aromatic heterocycles. The zero-order chi connectivity index (χ0) is 13.8. The van der Waals surface area contributed by atoms with Gasteiger partial charge in [-0.2, -0.15) is 0 Å². The molecule has 110 valence electrons. The first-order valence-corrected chi connectivity index (χ1v) is 7.96. The first-order chi connectivity index (χ1) is 9.75. The molecule has 2 fully saturated rings. The van der Waals surface area contributed by atoms with E-state index in [1.165, 1.54) is 19.3 Å². The molecule has 0 spiro atoms. The summed E-state index contributed by atoms with van der Waals surface area (Å²) in [6, 6.07) is 0. The molecular formula is C16H25N3O. The monoisotopic (exact) mass is 275 g/mol. The third-order valence-electron chi connectivity index (χ3n) is 4.89. The lowest BCUT2D eigenvalue weighted by atomic mass is 9.83. The minimum Gasteiger partial charge on any atom is -0.389 e. The fourth-order valence-electron chi connectivity index (χ4n) is 3.69. The molecule has 1 aliphatic heterocycles. The molecule has 1 aromatic rings. The first kappa shape index (κ1) is 14.0. The topological polar surface area (TPSA) is 49.2 Å². The van der Waals surface area contributed by atoms with Crippen molar-refractivity contribution in [3.8, 4) is 0 Å². The fraction of sp³-hybridized carbons (Fsp3) is 0.750. The summed E-state index contributed by atoms with van der Waals surface area (Å²) in [5, 5.41) is 10.6. The second-order valence-electron chi connectivity index (χ2n) is 6.47. The highest BCUT2D eigenvalue weighted by molar-refractivity contribution is 5.05. The van der Waals surface area contributed by atoms with Gasteiger partial charge in [-0.05, 0) is 38.8 Å². The van der Waals surface area contributed by atoms with Gasteiger partial charge in [-0.15, -0.1) is 0 Å². The zero-order valence-electron chi connectivity index (χ0n) is 12.2. The average molecular weight is 275 g/mol. The van der Waals surface area contributed by atoms with E-state index in [0.717, 1.165) is 51.0 Å². The van der Waals surface area contributed by atoms with Gasteiger partial charge in [-0.3, -0.25) is 9.97 Å². The molecule has 1 N–H and O–H groups in total. The van der Waals surface area contributed by atoms with Gasteiger partial charge in [0.25, 0.3) is 0 Å². The molecule has 1 saturated carbocycles. The standard InChI is InChI=1S/C16H25N3O/c20-16(6-2-1-3-7-16)13-19-10-4-14(5-11-19)15-12-17-8-9-18-15/h8-9,12,14,20H,1-7,10-11,13H2. The molecule has 0 atom stereocenters. The van der Waals surface area contributed by atoms with E-state index in [1.54, 1.807) is 12.4 Å². The van der Waals surface area contributed by atoms with Gasteiger partial charge in [-0.1, -0.05) is 19.3 Å². The van der Waals surface area contributed by atoms with Crippen LogP contribution < -0.4 is 0 Å². The van der Waals surface area contributed by atoms with E-state index < -0.39 is 5.60 Å². The van der Waals surface area contributed by atoms with Gasteiger partial charge in [0.2, 0.25) is 0 Å². The molecule has 2 heterocycles. The van der Waals surface area contributed by atoms with Crippen LogP contribution >= 0.6 is 0 Å². The number of β-amino-alcohol motifs (C(OH)–C–C–N with tert-alkyl or cyclic N) is 1. The number of nitrogens with zero attached hydrogens (tertiary/aromatic N) is 3. The van der Waals surface area contributed by atoms with E-state index >= 15 is 0 Å². The van der Waals surface area contributed by atoms with Crippen LogP contribution in [0.3, 0.4) is 0 Å². The Bertz CT molecular complexity index is 409. The van der Waals surface area contributed by atoms with Gasteiger partial charge in [0.05, 0.1) is 11.3 Å². The normalized spacial score (nSPS) is 24.6. The Kier molecular flexibility index (Phi) is 4.32. The average Bonchev–Trinajstić information content (AvgIpc) is 2.49. The fourth-order valence-corrected chi connectivity index (χ4v) is 3.69. The van der Waals surface area contributed by atoms with Crippen molar-refractivity contribution in [3.63, 3.8) is 0 Å². The van der Waals surface area contributed by atoms with Crippen molar-refractivity contribution < 1.29 is 5.11 Å². The molecule has 0 radical (unpaired) electrons. The van der Waals surface area contributed by atoms with E-state index in [1.807, 2.05) is 6.20 Å². The SMILES string of the molecule is OC1(CN2CCC(c3cnccn3)CC2)CCCCC1. The van der Waals surface area contributed by atoms with E-state index in [9.17, 15) is 5.11 Å². The maximum atomic E-state index is 10.6. The van der Waals surface area contributed by atoms with Gasteiger partial charge < -0.3 is 10.0 Å². The molecule has 2 aliphatic rings. The van der Waals surface area contributed by atoms with Crippen LogP contribution in [0.5, 0.6) is 0 Å². The summed E-state index contributed by atoms with van der Waals surface area (Å²) in [5.41, 5.74) is 0.709. The molecule has 1 aliphatic carbocycles. The number of aromatic nitrogens is 2. The minimum absolute atomic E-state index is 0.419. The van der Waals surface area contributed by atoms with E-state index in [0.29, 0.717) is 5.92 Å². The highest BCUT2D eigenvalue weighted by Crippen LogP contribution is 2.31. The molecular weight excluding hydrogens is 250 g/mol. The lowest BCUT2D eigenvalue weighted by Crippen LogP contribution is -2.46. The summed E-state index contributed by atoms with van der Waals surface area (Å²) >= 11 is 0. The van der Waals surface area contributed by atoms with E-state index in [2.05, 4.69) is 14.9 Å². The zero-order valence-corrected chi connectivity index (χ0v) is 12.2. The van der Waals surface area contributed by atoms with E-state index in [4.69, 9.17) is 0 Å². The molecule has 0 bridgehead atoms. The minimum atomic E-state index is -0.419. The third kappa shape index (κ3) is 3.36. The molecule has 1 saturated heterocycles. The van der Waals surface area contributed by atoms with Gasteiger partial charge in [0.1, 0.15) is 0 Å². The summed E-state index contributed by atoms with van der Waals surface area (Å²) in [6.07, 6.45) is 13.3. The molecule has 20 heavy (non-hydrogen) atoms. The second-order valence-corrected chi connectivity index (χ2v) is 6.47. The predicted molar refractivity (Wildman–Crippen MR) is 78.5 cm³/mol.